The van der Waals surface area contributed by atoms with Crippen LogP contribution in [0.5, 0.6) is 0 Å². The third kappa shape index (κ3) is 3.24. The second-order valence-corrected chi connectivity index (χ2v) is 8.44. The Labute approximate surface area is 189 Å². The maximum absolute atomic E-state index is 11.6. The summed E-state index contributed by atoms with van der Waals surface area (Å²) < 4.78 is 10.1. The summed E-state index contributed by atoms with van der Waals surface area (Å²) in [6.07, 6.45) is 13.1. The molecule has 6 rings (SSSR count). The van der Waals surface area contributed by atoms with Crippen LogP contribution in [0.25, 0.3) is 39.1 Å². The summed E-state index contributed by atoms with van der Waals surface area (Å²) in [5.74, 6) is 1.16. The molecule has 5 aromatic rings. The quantitative estimate of drug-likeness (QED) is 0.457. The normalized spacial score (nSPS) is 15.0. The van der Waals surface area contributed by atoms with E-state index >= 15 is 0 Å². The number of rotatable bonds is 3. The number of nitrogens with zero attached hydrogens (tertiary/aromatic N) is 6. The molecule has 0 unspecified atom stereocenters. The summed E-state index contributed by atoms with van der Waals surface area (Å²) in [4.78, 5) is 22.3. The van der Waals surface area contributed by atoms with E-state index in [2.05, 4.69) is 15.1 Å². The minimum Gasteiger partial charge on any atom is -0.452 e. The molecule has 0 bridgehead atoms. The van der Waals surface area contributed by atoms with Gasteiger partial charge in [0.15, 0.2) is 11.4 Å². The van der Waals surface area contributed by atoms with Crippen LogP contribution >= 0.6 is 0 Å². The molecule has 0 aliphatic carbocycles. The van der Waals surface area contributed by atoms with Crippen LogP contribution in [0, 0.1) is 0 Å². The Bertz CT molecular complexity index is 1490. The third-order valence-corrected chi connectivity index (χ3v) is 6.47. The van der Waals surface area contributed by atoms with E-state index in [1.54, 1.807) is 19.3 Å². The van der Waals surface area contributed by atoms with Gasteiger partial charge in [-0.1, -0.05) is 0 Å². The number of pyridine rings is 2. The molecule has 0 aromatic carbocycles. The van der Waals surface area contributed by atoms with Gasteiger partial charge in [-0.05, 0) is 31.0 Å². The maximum Gasteiger partial charge on any atom is 0.219 e. The zero-order valence-electron chi connectivity index (χ0n) is 18.2. The van der Waals surface area contributed by atoms with Crippen LogP contribution in [0.15, 0.2) is 59.8 Å². The number of anilines is 1. The molecule has 5 aromatic heterocycles. The summed E-state index contributed by atoms with van der Waals surface area (Å²) in [6, 6.07) is 6.20. The van der Waals surface area contributed by atoms with Crippen LogP contribution in [0.2, 0.25) is 0 Å². The van der Waals surface area contributed by atoms with Gasteiger partial charge in [0, 0.05) is 67.5 Å². The van der Waals surface area contributed by atoms with Gasteiger partial charge in [-0.15, -0.1) is 0 Å². The molecule has 33 heavy (non-hydrogen) atoms. The van der Waals surface area contributed by atoms with Crippen molar-refractivity contribution < 1.29 is 9.21 Å². The summed E-state index contributed by atoms with van der Waals surface area (Å²) in [5, 5.41) is 5.51. The first-order valence-corrected chi connectivity index (χ1v) is 11.0. The Morgan fingerprint density at radius 2 is 2.00 bits per heavy atom. The van der Waals surface area contributed by atoms with Crippen molar-refractivity contribution in [3.8, 4) is 22.5 Å². The largest absolute Gasteiger partial charge is 0.452 e. The van der Waals surface area contributed by atoms with Crippen molar-refractivity contribution >= 4 is 28.3 Å². The van der Waals surface area contributed by atoms with Crippen LogP contribution in [0.4, 0.5) is 5.82 Å². The zero-order valence-corrected chi connectivity index (χ0v) is 18.2. The molecule has 0 spiro atoms. The number of hydrogen-bond acceptors (Lipinski definition) is 6. The number of hydrogen-bond donors (Lipinski definition) is 1. The first-order valence-electron chi connectivity index (χ1n) is 11.0. The number of nitrogen functional groups attached to an aromatic ring is 1. The van der Waals surface area contributed by atoms with Crippen LogP contribution in [0.1, 0.15) is 25.8 Å². The van der Waals surface area contributed by atoms with Crippen LogP contribution in [-0.4, -0.2) is 48.0 Å². The highest BCUT2D eigenvalue weighted by molar-refractivity contribution is 6.00. The number of carbonyl (C=O) groups excluding carboxylic acids is 1. The molecule has 6 heterocycles. The Balaban J connectivity index is 1.38. The standard InChI is InChI=1S/C24H23N7O2/c1-15(32)29-8-4-17(5-9-29)31-14-16(12-28-31)20-13-27-23(25)22-19(20)11-21(33-22)18-3-2-7-30-10-6-26-24(18)30/h2-3,6-7,10-14,17H,4-5,8-9H2,1H3,(H2,25,27). The van der Waals surface area contributed by atoms with Gasteiger partial charge in [-0.25, -0.2) is 9.97 Å². The Kier molecular flexibility index (Phi) is 4.42. The molecule has 9 nitrogen and oxygen atoms in total. The molecule has 166 valence electrons. The minimum absolute atomic E-state index is 0.131. The van der Waals surface area contributed by atoms with E-state index < -0.39 is 0 Å². The maximum atomic E-state index is 11.6. The average Bonchev–Trinajstić information content (AvgIpc) is 3.58. The molecule has 9 heteroatoms. The summed E-state index contributed by atoms with van der Waals surface area (Å²) >= 11 is 0. The number of carbonyl (C=O) groups is 1. The van der Waals surface area contributed by atoms with Crippen LogP contribution < -0.4 is 5.73 Å². The molecule has 1 aliphatic rings. The Hall–Kier alpha value is -4.14. The van der Waals surface area contributed by atoms with Crippen molar-refractivity contribution in [2.75, 3.05) is 18.8 Å². The lowest BCUT2D eigenvalue weighted by Gasteiger charge is -2.31. The summed E-state index contributed by atoms with van der Waals surface area (Å²) in [5.41, 5.74) is 10.3. The van der Waals surface area contributed by atoms with E-state index in [1.807, 2.05) is 57.0 Å². The van der Waals surface area contributed by atoms with E-state index in [0.29, 0.717) is 17.2 Å². The van der Waals surface area contributed by atoms with Crippen LogP contribution in [0.3, 0.4) is 0 Å². The molecule has 0 radical (unpaired) electrons. The van der Waals surface area contributed by atoms with Crippen molar-refractivity contribution in [1.82, 2.24) is 29.0 Å². The molecule has 1 amide bonds. The van der Waals surface area contributed by atoms with E-state index in [-0.39, 0.29) is 11.9 Å². The summed E-state index contributed by atoms with van der Waals surface area (Å²) in [6.45, 7) is 3.14. The minimum atomic E-state index is 0.131. The van der Waals surface area contributed by atoms with Crippen molar-refractivity contribution in [3.05, 3.63) is 55.4 Å². The number of nitrogens with two attached hydrogens (primary N) is 1. The van der Waals surface area contributed by atoms with Gasteiger partial charge in [0.25, 0.3) is 0 Å². The zero-order chi connectivity index (χ0) is 22.5. The second-order valence-electron chi connectivity index (χ2n) is 8.44. The van der Waals surface area contributed by atoms with Gasteiger partial charge in [0.05, 0.1) is 17.8 Å². The molecule has 0 saturated carbocycles. The fraction of sp³-hybridized carbons (Fsp3) is 0.250. The second kappa shape index (κ2) is 7.47. The first kappa shape index (κ1) is 19.5. The Morgan fingerprint density at radius 3 is 2.82 bits per heavy atom. The first-order chi connectivity index (χ1) is 16.1. The van der Waals surface area contributed by atoms with E-state index in [4.69, 9.17) is 10.2 Å². The van der Waals surface area contributed by atoms with E-state index in [0.717, 1.165) is 53.7 Å². The highest BCUT2D eigenvalue weighted by Crippen LogP contribution is 2.37. The lowest BCUT2D eigenvalue weighted by molar-refractivity contribution is -0.130. The molecule has 1 saturated heterocycles. The number of furan rings is 1. The SMILES string of the molecule is CC(=O)N1CCC(n2cc(-c3cnc(N)c4oc(-c5cccn6ccnc56)cc34)cn2)CC1. The number of imidazole rings is 1. The van der Waals surface area contributed by atoms with Gasteiger partial charge in [-0.2, -0.15) is 5.10 Å². The average molecular weight is 441 g/mol. The Morgan fingerprint density at radius 1 is 1.15 bits per heavy atom. The van der Waals surface area contributed by atoms with Gasteiger partial charge < -0.3 is 19.5 Å². The van der Waals surface area contributed by atoms with Gasteiger partial charge in [0.2, 0.25) is 5.91 Å². The molecule has 0 atom stereocenters. The van der Waals surface area contributed by atoms with Crippen molar-refractivity contribution in [2.24, 2.45) is 0 Å². The van der Waals surface area contributed by atoms with Crippen molar-refractivity contribution in [1.29, 1.82) is 0 Å². The third-order valence-electron chi connectivity index (χ3n) is 6.47. The number of aromatic nitrogens is 5. The highest BCUT2D eigenvalue weighted by Gasteiger charge is 2.23. The van der Waals surface area contributed by atoms with Gasteiger partial charge in [0.1, 0.15) is 11.4 Å². The molecule has 1 aliphatic heterocycles. The van der Waals surface area contributed by atoms with Crippen LogP contribution in [-0.2, 0) is 4.79 Å². The van der Waals surface area contributed by atoms with Gasteiger partial charge in [-0.3, -0.25) is 9.48 Å². The number of piperidine rings is 1. The van der Waals surface area contributed by atoms with Gasteiger partial charge >= 0.3 is 0 Å². The smallest absolute Gasteiger partial charge is 0.219 e. The fourth-order valence-electron chi connectivity index (χ4n) is 4.67. The molecule has 2 N–H and O–H groups in total. The van der Waals surface area contributed by atoms with E-state index in [1.165, 1.54) is 0 Å². The lowest BCUT2D eigenvalue weighted by Crippen LogP contribution is -2.37. The monoisotopic (exact) mass is 441 g/mol. The number of fused-ring (bicyclic) bond motifs is 2. The molecule has 1 fully saturated rings. The van der Waals surface area contributed by atoms with E-state index in [9.17, 15) is 4.79 Å². The highest BCUT2D eigenvalue weighted by atomic mass is 16.3. The molecular weight excluding hydrogens is 418 g/mol. The number of amides is 1. The molecular formula is C24H23N7O2. The lowest BCUT2D eigenvalue weighted by atomic mass is 10.0. The fourth-order valence-corrected chi connectivity index (χ4v) is 4.67. The topological polar surface area (TPSA) is 107 Å². The summed E-state index contributed by atoms with van der Waals surface area (Å²) in [7, 11) is 0. The predicted molar refractivity (Wildman–Crippen MR) is 124 cm³/mol. The van der Waals surface area contributed by atoms with Crippen molar-refractivity contribution in [3.63, 3.8) is 0 Å². The number of likely N-dealkylation sites (tertiary alicyclic amines) is 1. The predicted octanol–water partition coefficient (Wildman–Crippen LogP) is 3.77. The van der Waals surface area contributed by atoms with Crippen molar-refractivity contribution in [2.45, 2.75) is 25.8 Å².